The van der Waals surface area contributed by atoms with Crippen LogP contribution in [0.2, 0.25) is 0 Å². The van der Waals surface area contributed by atoms with E-state index in [-0.39, 0.29) is 12.5 Å². The highest BCUT2D eigenvalue weighted by Crippen LogP contribution is 2.26. The Bertz CT molecular complexity index is 715. The Hall–Kier alpha value is -2.85. The average Bonchev–Trinajstić information content (AvgIpc) is 3.16. The highest BCUT2D eigenvalue weighted by Gasteiger charge is 2.26. The number of aliphatic hydroxyl groups is 1. The van der Waals surface area contributed by atoms with Gasteiger partial charge in [-0.2, -0.15) is 0 Å². The summed E-state index contributed by atoms with van der Waals surface area (Å²) in [6.45, 7) is -0.227. The summed E-state index contributed by atoms with van der Waals surface area (Å²) in [6.07, 6.45) is 1.52. The molecule has 122 valence electrons. The lowest BCUT2D eigenvalue weighted by atomic mass is 9.90. The molecule has 2 N–H and O–H groups in total. The summed E-state index contributed by atoms with van der Waals surface area (Å²) >= 11 is 0. The first-order valence-corrected chi connectivity index (χ1v) is 7.84. The van der Waals surface area contributed by atoms with Crippen molar-refractivity contribution in [2.45, 2.75) is 12.0 Å². The van der Waals surface area contributed by atoms with Crippen molar-refractivity contribution in [1.82, 2.24) is 5.32 Å². The van der Waals surface area contributed by atoms with Gasteiger partial charge in [-0.15, -0.1) is 0 Å². The van der Waals surface area contributed by atoms with E-state index in [2.05, 4.69) is 5.32 Å². The molecule has 0 aliphatic carbocycles. The molecular weight excluding hydrogens is 302 g/mol. The number of nitrogens with one attached hydrogen (secondary N) is 1. The molecule has 0 spiro atoms. The quantitative estimate of drug-likeness (QED) is 0.732. The molecule has 0 fully saturated rings. The van der Waals surface area contributed by atoms with E-state index in [0.29, 0.717) is 5.76 Å². The second-order valence-corrected chi connectivity index (χ2v) is 5.51. The van der Waals surface area contributed by atoms with Gasteiger partial charge < -0.3 is 14.8 Å². The van der Waals surface area contributed by atoms with Crippen LogP contribution in [-0.4, -0.2) is 17.6 Å². The van der Waals surface area contributed by atoms with E-state index in [9.17, 15) is 9.90 Å². The fourth-order valence-electron chi connectivity index (χ4n) is 2.74. The second-order valence-electron chi connectivity index (χ2n) is 5.51. The molecule has 3 rings (SSSR count). The van der Waals surface area contributed by atoms with Gasteiger partial charge in [-0.1, -0.05) is 60.7 Å². The van der Waals surface area contributed by atoms with Gasteiger partial charge in [0.2, 0.25) is 5.91 Å². The number of carbonyl (C=O) groups is 1. The van der Waals surface area contributed by atoms with Gasteiger partial charge in [0.25, 0.3) is 0 Å². The molecule has 1 aromatic heterocycles. The van der Waals surface area contributed by atoms with Crippen LogP contribution in [0.1, 0.15) is 28.8 Å². The molecule has 0 saturated heterocycles. The van der Waals surface area contributed by atoms with Crippen LogP contribution < -0.4 is 5.32 Å². The van der Waals surface area contributed by atoms with E-state index in [1.807, 2.05) is 60.7 Å². The van der Waals surface area contributed by atoms with Crippen molar-refractivity contribution < 1.29 is 14.3 Å². The minimum absolute atomic E-state index is 0.178. The highest BCUT2D eigenvalue weighted by atomic mass is 16.3. The maximum atomic E-state index is 12.9. The van der Waals surface area contributed by atoms with E-state index >= 15 is 0 Å². The molecule has 2 aromatic carbocycles. The Labute approximate surface area is 140 Å². The summed E-state index contributed by atoms with van der Waals surface area (Å²) in [6, 6.07) is 22.1. The first kappa shape index (κ1) is 16.0. The second kappa shape index (κ2) is 7.62. The van der Waals surface area contributed by atoms with Crippen LogP contribution in [0.15, 0.2) is 83.5 Å². The number of carbonyl (C=O) groups excluding carboxylic acids is 1. The zero-order valence-electron chi connectivity index (χ0n) is 13.1. The van der Waals surface area contributed by atoms with Gasteiger partial charge in [0.1, 0.15) is 11.8 Å². The smallest absolute Gasteiger partial charge is 0.232 e. The van der Waals surface area contributed by atoms with Gasteiger partial charge in [0.05, 0.1) is 18.8 Å². The molecule has 0 saturated carbocycles. The molecule has 4 nitrogen and oxygen atoms in total. The molecule has 1 heterocycles. The van der Waals surface area contributed by atoms with Crippen molar-refractivity contribution in [2.24, 2.45) is 0 Å². The van der Waals surface area contributed by atoms with Crippen LogP contribution in [-0.2, 0) is 4.79 Å². The van der Waals surface area contributed by atoms with Gasteiger partial charge in [0, 0.05) is 0 Å². The van der Waals surface area contributed by atoms with Gasteiger partial charge in [-0.25, -0.2) is 0 Å². The fourth-order valence-corrected chi connectivity index (χ4v) is 2.74. The van der Waals surface area contributed by atoms with Crippen LogP contribution >= 0.6 is 0 Å². The third kappa shape index (κ3) is 3.55. The summed E-state index contributed by atoms with van der Waals surface area (Å²) in [4.78, 5) is 12.9. The summed E-state index contributed by atoms with van der Waals surface area (Å²) in [5.41, 5.74) is 1.80. The normalized spacial score (nSPS) is 12.1. The Morgan fingerprint density at radius 1 is 0.917 bits per heavy atom. The van der Waals surface area contributed by atoms with Gasteiger partial charge in [-0.05, 0) is 23.3 Å². The maximum absolute atomic E-state index is 12.9. The molecule has 0 aliphatic rings. The molecule has 24 heavy (non-hydrogen) atoms. The van der Waals surface area contributed by atoms with Crippen molar-refractivity contribution in [3.05, 3.63) is 95.9 Å². The highest BCUT2D eigenvalue weighted by molar-refractivity contribution is 5.87. The predicted molar refractivity (Wildman–Crippen MR) is 91.4 cm³/mol. The van der Waals surface area contributed by atoms with Crippen molar-refractivity contribution >= 4 is 5.91 Å². The summed E-state index contributed by atoms with van der Waals surface area (Å²) in [5, 5.41) is 12.5. The zero-order chi connectivity index (χ0) is 16.8. The van der Waals surface area contributed by atoms with Crippen LogP contribution in [0.25, 0.3) is 0 Å². The minimum Gasteiger partial charge on any atom is -0.467 e. The van der Waals surface area contributed by atoms with Crippen molar-refractivity contribution in [3.63, 3.8) is 0 Å². The number of hydrogen-bond donors (Lipinski definition) is 2. The van der Waals surface area contributed by atoms with E-state index in [1.54, 1.807) is 12.1 Å². The van der Waals surface area contributed by atoms with Crippen molar-refractivity contribution in [1.29, 1.82) is 0 Å². The number of rotatable bonds is 6. The first-order chi connectivity index (χ1) is 11.8. The number of hydrogen-bond acceptors (Lipinski definition) is 3. The SMILES string of the molecule is O=C(NC(CO)c1ccco1)C(c1ccccc1)c1ccccc1. The summed E-state index contributed by atoms with van der Waals surface area (Å²) in [5.74, 6) is -0.0926. The van der Waals surface area contributed by atoms with Crippen LogP contribution in [0.4, 0.5) is 0 Å². The standard InChI is InChI=1S/C20H19NO3/c22-14-17(18-12-7-13-24-18)21-20(23)19(15-8-3-1-4-9-15)16-10-5-2-6-11-16/h1-13,17,19,22H,14H2,(H,21,23). The van der Waals surface area contributed by atoms with E-state index < -0.39 is 12.0 Å². The summed E-state index contributed by atoms with van der Waals surface area (Å²) in [7, 11) is 0. The summed E-state index contributed by atoms with van der Waals surface area (Å²) < 4.78 is 5.30. The lowest BCUT2D eigenvalue weighted by molar-refractivity contribution is -0.122. The Morgan fingerprint density at radius 2 is 1.50 bits per heavy atom. The molecule has 0 bridgehead atoms. The maximum Gasteiger partial charge on any atom is 0.232 e. The first-order valence-electron chi connectivity index (χ1n) is 7.84. The lowest BCUT2D eigenvalue weighted by Gasteiger charge is -2.21. The monoisotopic (exact) mass is 321 g/mol. The minimum atomic E-state index is -0.567. The van der Waals surface area contributed by atoms with Crippen molar-refractivity contribution in [2.75, 3.05) is 6.61 Å². The Balaban J connectivity index is 1.89. The third-order valence-corrected chi connectivity index (χ3v) is 3.91. The third-order valence-electron chi connectivity index (χ3n) is 3.91. The largest absolute Gasteiger partial charge is 0.467 e. The van der Waals surface area contributed by atoms with E-state index in [0.717, 1.165) is 11.1 Å². The van der Waals surface area contributed by atoms with Gasteiger partial charge >= 0.3 is 0 Å². The fraction of sp³-hybridized carbons (Fsp3) is 0.150. The number of aliphatic hydroxyl groups excluding tert-OH is 1. The van der Waals surface area contributed by atoms with Gasteiger partial charge in [-0.3, -0.25) is 4.79 Å². The predicted octanol–water partition coefficient (Wildman–Crippen LogP) is 3.26. The van der Waals surface area contributed by atoms with E-state index in [1.165, 1.54) is 6.26 Å². The topological polar surface area (TPSA) is 62.5 Å². The number of amides is 1. The molecule has 1 atom stereocenters. The number of furan rings is 1. The van der Waals surface area contributed by atoms with E-state index in [4.69, 9.17) is 4.42 Å². The van der Waals surface area contributed by atoms with Crippen molar-refractivity contribution in [3.8, 4) is 0 Å². The zero-order valence-corrected chi connectivity index (χ0v) is 13.1. The molecular formula is C20H19NO3. The molecule has 1 unspecified atom stereocenters. The molecule has 1 amide bonds. The molecule has 4 heteroatoms. The van der Waals surface area contributed by atoms with Crippen LogP contribution in [0.3, 0.4) is 0 Å². The van der Waals surface area contributed by atoms with Crippen LogP contribution in [0.5, 0.6) is 0 Å². The molecule has 0 aliphatic heterocycles. The Kier molecular flexibility index (Phi) is 5.08. The Morgan fingerprint density at radius 3 is 1.96 bits per heavy atom. The lowest BCUT2D eigenvalue weighted by Crippen LogP contribution is -2.35. The van der Waals surface area contributed by atoms with Crippen LogP contribution in [0, 0.1) is 0 Å². The molecule has 3 aromatic rings. The average molecular weight is 321 g/mol. The van der Waals surface area contributed by atoms with Gasteiger partial charge in [0.15, 0.2) is 0 Å². The number of benzene rings is 2. The molecule has 0 radical (unpaired) electrons.